The SMILES string of the molecule is CC(=O)CCCCCCC(=O)NCCCC(=O)NC(CCC(=O)NCCOCCOC1OC(CO)C(O)C(O)C1NC(C)=O)C(=O)NCCOCCOC1OC(CO)C(O)C(O)C1NC(C)=O. The molecule has 2 aliphatic heterocycles. The molecule has 67 heavy (non-hydrogen) atoms. The predicted octanol–water partition coefficient (Wildman–Crippen LogP) is -4.74. The zero-order valence-electron chi connectivity index (χ0n) is 38.7. The third-order valence-electron chi connectivity index (χ3n) is 10.5. The summed E-state index contributed by atoms with van der Waals surface area (Å²) in [5, 5.41) is 75.7. The average molecular weight is 967 g/mol. The summed E-state index contributed by atoms with van der Waals surface area (Å²) in [5.41, 5.74) is 0. The third-order valence-corrected chi connectivity index (χ3v) is 10.5. The van der Waals surface area contributed by atoms with Gasteiger partial charge < -0.3 is 95.8 Å². The summed E-state index contributed by atoms with van der Waals surface area (Å²) in [6.45, 7) is 2.95. The molecule has 0 radical (unpaired) electrons. The molecule has 0 aromatic heterocycles. The second-order valence-electron chi connectivity index (χ2n) is 16.2. The van der Waals surface area contributed by atoms with Gasteiger partial charge in [-0.1, -0.05) is 12.8 Å². The molecule has 2 aliphatic rings. The fraction of sp³-hybridized carbons (Fsp3) is 0.833. The van der Waals surface area contributed by atoms with E-state index >= 15 is 0 Å². The summed E-state index contributed by atoms with van der Waals surface area (Å²) in [4.78, 5) is 85.4. The van der Waals surface area contributed by atoms with Crippen LogP contribution >= 0.6 is 0 Å². The minimum absolute atomic E-state index is 0.00151. The minimum atomic E-state index is -1.48. The van der Waals surface area contributed by atoms with Gasteiger partial charge in [-0.2, -0.15) is 0 Å². The molecule has 2 heterocycles. The minimum Gasteiger partial charge on any atom is -0.394 e. The van der Waals surface area contributed by atoms with E-state index in [1.807, 2.05) is 0 Å². The Kier molecular flexibility index (Phi) is 29.6. The second-order valence-corrected chi connectivity index (χ2v) is 16.2. The van der Waals surface area contributed by atoms with E-state index in [0.29, 0.717) is 25.7 Å². The standard InChI is InChI=1S/C42H74N6O19/c1-25(51)9-6-4-5-7-10-31(54)43-14-8-11-33(56)48-28(40(61)45-16-18-63-20-22-65-42-35(47-27(3)53)39(60)37(58)30(24-50)67-42)12-13-32(55)44-15-17-62-19-21-64-41-34(46-26(2)52)38(59)36(57)29(23-49)66-41/h28-30,34-39,41-42,49-50,57-60H,4-24H2,1-3H3,(H,43,54)(H,44,55)(H,45,61)(H,46,52)(H,47,53)(H,48,56). The fourth-order valence-corrected chi connectivity index (χ4v) is 6.99. The van der Waals surface area contributed by atoms with Crippen molar-refractivity contribution in [3.05, 3.63) is 0 Å². The Bertz CT molecular complexity index is 1510. The summed E-state index contributed by atoms with van der Waals surface area (Å²) in [7, 11) is 0. The van der Waals surface area contributed by atoms with Gasteiger partial charge in [0.15, 0.2) is 12.6 Å². The zero-order chi connectivity index (χ0) is 49.7. The number of ketones is 1. The summed E-state index contributed by atoms with van der Waals surface area (Å²) < 4.78 is 33.2. The number of aliphatic hydroxyl groups is 6. The highest BCUT2D eigenvalue weighted by molar-refractivity contribution is 5.88. The Balaban J connectivity index is 1.81. The van der Waals surface area contributed by atoms with Crippen LogP contribution in [0.3, 0.4) is 0 Å². The van der Waals surface area contributed by atoms with E-state index in [4.69, 9.17) is 28.4 Å². The molecular formula is C42H74N6O19. The average Bonchev–Trinajstić information content (AvgIpc) is 3.28. The first-order chi connectivity index (χ1) is 32.0. The van der Waals surface area contributed by atoms with Gasteiger partial charge in [0, 0.05) is 59.2 Å². The van der Waals surface area contributed by atoms with Crippen LogP contribution < -0.4 is 31.9 Å². The van der Waals surface area contributed by atoms with Crippen LogP contribution in [0.15, 0.2) is 0 Å². The van der Waals surface area contributed by atoms with E-state index in [0.717, 1.165) is 19.3 Å². The molecule has 2 saturated heterocycles. The molecule has 0 saturated carbocycles. The van der Waals surface area contributed by atoms with Gasteiger partial charge in [-0.05, 0) is 32.6 Å². The number of carbonyl (C=O) groups is 7. The molecule has 11 unspecified atom stereocenters. The summed E-state index contributed by atoms with van der Waals surface area (Å²) in [6, 6.07) is -3.35. The van der Waals surface area contributed by atoms with Gasteiger partial charge in [0.05, 0.1) is 52.9 Å². The molecule has 25 nitrogen and oxygen atoms in total. The third kappa shape index (κ3) is 23.7. The van der Waals surface area contributed by atoms with Crippen molar-refractivity contribution < 1.29 is 92.6 Å². The van der Waals surface area contributed by atoms with Crippen molar-refractivity contribution in [3.8, 4) is 0 Å². The topological polar surface area (TPSA) is 368 Å². The molecule has 0 aliphatic carbocycles. The molecule has 0 bridgehead atoms. The number of amides is 6. The molecule has 2 rings (SSSR count). The van der Waals surface area contributed by atoms with Gasteiger partial charge in [-0.3, -0.25) is 28.8 Å². The lowest BCUT2D eigenvalue weighted by molar-refractivity contribution is -0.272. The Morgan fingerprint density at radius 3 is 1.48 bits per heavy atom. The number of hydrogen-bond acceptors (Lipinski definition) is 19. The number of nitrogens with one attached hydrogen (secondary N) is 6. The Morgan fingerprint density at radius 2 is 0.985 bits per heavy atom. The van der Waals surface area contributed by atoms with Gasteiger partial charge in [0.25, 0.3) is 0 Å². The normalized spacial score (nSPS) is 25.3. The van der Waals surface area contributed by atoms with Gasteiger partial charge in [-0.15, -0.1) is 0 Å². The van der Waals surface area contributed by atoms with Crippen molar-refractivity contribution in [2.75, 3.05) is 72.5 Å². The largest absolute Gasteiger partial charge is 0.394 e. The first-order valence-electron chi connectivity index (χ1n) is 22.8. The lowest BCUT2D eigenvalue weighted by Gasteiger charge is -2.42. The van der Waals surface area contributed by atoms with E-state index in [2.05, 4.69) is 31.9 Å². The molecule has 0 aromatic carbocycles. The smallest absolute Gasteiger partial charge is 0.242 e. The molecule has 0 aromatic rings. The van der Waals surface area contributed by atoms with Crippen LogP contribution in [0.5, 0.6) is 0 Å². The molecular weight excluding hydrogens is 892 g/mol. The zero-order valence-corrected chi connectivity index (χ0v) is 38.7. The lowest BCUT2D eigenvalue weighted by atomic mass is 9.97. The van der Waals surface area contributed by atoms with E-state index in [1.54, 1.807) is 6.92 Å². The highest BCUT2D eigenvalue weighted by atomic mass is 16.7. The van der Waals surface area contributed by atoms with Crippen LogP contribution in [0, 0.1) is 0 Å². The van der Waals surface area contributed by atoms with Crippen LogP contribution in [0.25, 0.3) is 0 Å². The van der Waals surface area contributed by atoms with E-state index in [1.165, 1.54) is 13.8 Å². The first kappa shape index (κ1) is 59.1. The maximum atomic E-state index is 13.2. The Labute approximate surface area is 390 Å². The number of ether oxygens (including phenoxy) is 6. The number of rotatable bonds is 34. The van der Waals surface area contributed by atoms with Crippen LogP contribution in [-0.2, 0) is 62.0 Å². The number of aliphatic hydroxyl groups excluding tert-OH is 6. The number of carbonyl (C=O) groups excluding carboxylic acids is 7. The highest BCUT2D eigenvalue weighted by Gasteiger charge is 2.46. The van der Waals surface area contributed by atoms with Crippen LogP contribution in [-0.4, -0.2) is 212 Å². The molecule has 12 N–H and O–H groups in total. The summed E-state index contributed by atoms with van der Waals surface area (Å²) in [6.07, 6.45) is -6.54. The highest BCUT2D eigenvalue weighted by Crippen LogP contribution is 2.23. The van der Waals surface area contributed by atoms with Gasteiger partial charge >= 0.3 is 0 Å². The predicted molar refractivity (Wildman–Crippen MR) is 232 cm³/mol. The van der Waals surface area contributed by atoms with Crippen molar-refractivity contribution in [2.24, 2.45) is 0 Å². The van der Waals surface area contributed by atoms with Gasteiger partial charge in [0.1, 0.15) is 60.5 Å². The van der Waals surface area contributed by atoms with Crippen molar-refractivity contribution in [1.29, 1.82) is 0 Å². The maximum absolute atomic E-state index is 13.2. The van der Waals surface area contributed by atoms with Crippen LogP contribution in [0.4, 0.5) is 0 Å². The molecule has 386 valence electrons. The van der Waals surface area contributed by atoms with Crippen molar-refractivity contribution in [1.82, 2.24) is 31.9 Å². The van der Waals surface area contributed by atoms with E-state index < -0.39 is 110 Å². The molecule has 11 atom stereocenters. The van der Waals surface area contributed by atoms with E-state index in [-0.39, 0.29) is 90.2 Å². The Morgan fingerprint density at radius 1 is 0.522 bits per heavy atom. The lowest BCUT2D eigenvalue weighted by Crippen LogP contribution is -2.64. The summed E-state index contributed by atoms with van der Waals surface area (Å²) >= 11 is 0. The molecule has 0 spiro atoms. The monoisotopic (exact) mass is 967 g/mol. The number of unbranched alkanes of at least 4 members (excludes halogenated alkanes) is 3. The summed E-state index contributed by atoms with van der Waals surface area (Å²) in [5.74, 6) is -2.54. The van der Waals surface area contributed by atoms with Crippen molar-refractivity contribution in [3.63, 3.8) is 0 Å². The first-order valence-corrected chi connectivity index (χ1v) is 22.8. The Hall–Kier alpha value is -3.99. The van der Waals surface area contributed by atoms with E-state index in [9.17, 15) is 64.2 Å². The van der Waals surface area contributed by atoms with Crippen LogP contribution in [0.2, 0.25) is 0 Å². The molecule has 6 amide bonds. The molecule has 25 heteroatoms. The maximum Gasteiger partial charge on any atom is 0.242 e. The number of Topliss-reactive ketones (excluding diaryl/α,β-unsaturated/α-hetero) is 1. The quantitative estimate of drug-likeness (QED) is 0.0270. The van der Waals surface area contributed by atoms with Crippen LogP contribution in [0.1, 0.15) is 85.0 Å². The fourth-order valence-electron chi connectivity index (χ4n) is 6.99. The van der Waals surface area contributed by atoms with Gasteiger partial charge in [-0.25, -0.2) is 0 Å². The number of hydrogen-bond donors (Lipinski definition) is 12. The second kappa shape index (κ2) is 33.5. The molecule has 2 fully saturated rings. The van der Waals surface area contributed by atoms with Crippen molar-refractivity contribution >= 4 is 41.2 Å². The van der Waals surface area contributed by atoms with Gasteiger partial charge in [0.2, 0.25) is 35.4 Å². The van der Waals surface area contributed by atoms with Crippen molar-refractivity contribution in [2.45, 2.75) is 152 Å².